The Morgan fingerprint density at radius 1 is 1.23 bits per heavy atom. The Hall–Kier alpha value is -0.920. The summed E-state index contributed by atoms with van der Waals surface area (Å²) in [5.41, 5.74) is 2.38. The van der Waals surface area contributed by atoms with Crippen molar-refractivity contribution in [1.29, 1.82) is 0 Å². The first-order chi connectivity index (χ1) is 6.26. The van der Waals surface area contributed by atoms with Gasteiger partial charge in [-0.15, -0.1) is 0 Å². The molecule has 0 amide bonds. The summed E-state index contributed by atoms with van der Waals surface area (Å²) in [6.45, 7) is 8.47. The number of aromatic nitrogens is 2. The number of aryl methyl sites for hydroxylation is 2. The van der Waals surface area contributed by atoms with E-state index in [-0.39, 0.29) is 0 Å². The van der Waals surface area contributed by atoms with Gasteiger partial charge >= 0.3 is 0 Å². The summed E-state index contributed by atoms with van der Waals surface area (Å²) >= 11 is 0. The van der Waals surface area contributed by atoms with Crippen molar-refractivity contribution in [2.75, 3.05) is 0 Å². The van der Waals surface area contributed by atoms with Crippen LogP contribution < -0.4 is 0 Å². The molecule has 0 atom stereocenters. The molecule has 0 saturated carbocycles. The maximum absolute atomic E-state index is 4.02. The van der Waals surface area contributed by atoms with Gasteiger partial charge in [-0.2, -0.15) is 10.2 Å². The van der Waals surface area contributed by atoms with E-state index in [2.05, 4.69) is 37.9 Å². The van der Waals surface area contributed by atoms with Crippen LogP contribution in [0.5, 0.6) is 0 Å². The van der Waals surface area contributed by atoms with Crippen LogP contribution in [0.4, 0.5) is 0 Å². The van der Waals surface area contributed by atoms with Crippen LogP contribution in [0.25, 0.3) is 0 Å². The fraction of sp³-hybridized carbons (Fsp3) is 0.636. The van der Waals surface area contributed by atoms with E-state index in [1.165, 1.54) is 12.0 Å². The number of hydrogen-bond acceptors (Lipinski definition) is 2. The molecule has 0 spiro atoms. The lowest BCUT2D eigenvalue weighted by Crippen LogP contribution is -1.94. The Kier molecular flexibility index (Phi) is 7.17. The van der Waals surface area contributed by atoms with Crippen LogP contribution in [0.2, 0.25) is 0 Å². The van der Waals surface area contributed by atoms with E-state index in [1.807, 2.05) is 6.07 Å². The van der Waals surface area contributed by atoms with E-state index < -0.39 is 0 Å². The molecule has 0 aliphatic heterocycles. The highest BCUT2D eigenvalue weighted by Crippen LogP contribution is 2.03. The first-order valence-electron chi connectivity index (χ1n) is 5.03. The zero-order valence-corrected chi connectivity index (χ0v) is 9.17. The van der Waals surface area contributed by atoms with Crippen molar-refractivity contribution in [2.45, 2.75) is 47.0 Å². The molecule has 0 unspecified atom stereocenters. The van der Waals surface area contributed by atoms with Gasteiger partial charge in [0.15, 0.2) is 0 Å². The second-order valence-electron chi connectivity index (χ2n) is 3.12. The molecular weight excluding hydrogens is 160 g/mol. The van der Waals surface area contributed by atoms with E-state index in [0.717, 1.165) is 18.5 Å². The van der Waals surface area contributed by atoms with Gasteiger partial charge < -0.3 is 0 Å². The van der Waals surface area contributed by atoms with Gasteiger partial charge in [-0.1, -0.05) is 33.6 Å². The summed E-state index contributed by atoms with van der Waals surface area (Å²) in [6.07, 6.45) is 5.16. The smallest absolute Gasteiger partial charge is 0.0660 e. The van der Waals surface area contributed by atoms with Crippen molar-refractivity contribution in [3.05, 3.63) is 23.5 Å². The summed E-state index contributed by atoms with van der Waals surface area (Å²) in [5, 5.41) is 7.83. The van der Waals surface area contributed by atoms with Gasteiger partial charge in [-0.3, -0.25) is 0 Å². The van der Waals surface area contributed by atoms with E-state index in [9.17, 15) is 0 Å². The third-order valence-corrected chi connectivity index (χ3v) is 1.51. The minimum atomic E-state index is 1.04. The van der Waals surface area contributed by atoms with Gasteiger partial charge in [0.05, 0.1) is 5.69 Å². The molecule has 0 radical (unpaired) electrons. The molecule has 74 valence electrons. The van der Waals surface area contributed by atoms with Crippen LogP contribution in [-0.4, -0.2) is 10.2 Å². The van der Waals surface area contributed by atoms with Crippen molar-refractivity contribution in [2.24, 2.45) is 0 Å². The highest BCUT2D eigenvalue weighted by molar-refractivity contribution is 5.14. The summed E-state index contributed by atoms with van der Waals surface area (Å²) in [5.74, 6) is 0. The van der Waals surface area contributed by atoms with Crippen LogP contribution in [0, 0.1) is 6.92 Å². The average molecular weight is 180 g/mol. The number of nitrogens with zero attached hydrogens (tertiary/aromatic N) is 2. The van der Waals surface area contributed by atoms with Crippen molar-refractivity contribution < 1.29 is 0 Å². The maximum atomic E-state index is 4.02. The van der Waals surface area contributed by atoms with Crippen molar-refractivity contribution in [3.63, 3.8) is 0 Å². The molecule has 1 rings (SSSR count). The minimum absolute atomic E-state index is 1.04. The minimum Gasteiger partial charge on any atom is -0.159 e. The van der Waals surface area contributed by atoms with Crippen molar-refractivity contribution >= 4 is 0 Å². The fourth-order valence-corrected chi connectivity index (χ4v) is 0.907. The van der Waals surface area contributed by atoms with Crippen LogP contribution in [-0.2, 0) is 6.42 Å². The van der Waals surface area contributed by atoms with Gasteiger partial charge in [-0.05, 0) is 25.0 Å². The quantitative estimate of drug-likeness (QED) is 0.698. The first kappa shape index (κ1) is 12.1. The summed E-state index contributed by atoms with van der Waals surface area (Å²) in [4.78, 5) is 0. The fourth-order valence-electron chi connectivity index (χ4n) is 0.907. The third kappa shape index (κ3) is 5.34. The standard InChI is InChI=1S/C8H12N2.C3H8/c1-3-4-8-7(2)5-6-9-10-8;1-3-2/h5-6H,3-4H2,1-2H3;3H2,1-2H3. The zero-order chi connectivity index (χ0) is 10.1. The van der Waals surface area contributed by atoms with Gasteiger partial charge in [-0.25, -0.2) is 0 Å². The Morgan fingerprint density at radius 3 is 2.31 bits per heavy atom. The Balaban J connectivity index is 0.000000424. The average Bonchev–Trinajstić information content (AvgIpc) is 2.11. The monoisotopic (exact) mass is 180 g/mol. The van der Waals surface area contributed by atoms with Crippen LogP contribution in [0.3, 0.4) is 0 Å². The second kappa shape index (κ2) is 7.71. The molecule has 1 heterocycles. The van der Waals surface area contributed by atoms with Gasteiger partial charge in [0.25, 0.3) is 0 Å². The van der Waals surface area contributed by atoms with E-state index in [0.29, 0.717) is 0 Å². The first-order valence-corrected chi connectivity index (χ1v) is 5.03. The van der Waals surface area contributed by atoms with Gasteiger partial charge in [0.2, 0.25) is 0 Å². The van der Waals surface area contributed by atoms with E-state index >= 15 is 0 Å². The van der Waals surface area contributed by atoms with Gasteiger partial charge in [0, 0.05) is 6.20 Å². The highest BCUT2D eigenvalue weighted by atomic mass is 15.1. The molecule has 0 bridgehead atoms. The van der Waals surface area contributed by atoms with Crippen LogP contribution >= 0.6 is 0 Å². The van der Waals surface area contributed by atoms with Crippen molar-refractivity contribution in [3.8, 4) is 0 Å². The van der Waals surface area contributed by atoms with Crippen molar-refractivity contribution in [1.82, 2.24) is 10.2 Å². The van der Waals surface area contributed by atoms with Gasteiger partial charge in [0.1, 0.15) is 0 Å². The highest BCUT2D eigenvalue weighted by Gasteiger charge is 1.95. The molecule has 1 aromatic heterocycles. The molecule has 0 aliphatic carbocycles. The van der Waals surface area contributed by atoms with Crippen LogP contribution in [0.15, 0.2) is 12.3 Å². The molecule has 0 saturated heterocycles. The summed E-state index contributed by atoms with van der Waals surface area (Å²) < 4.78 is 0. The number of rotatable bonds is 2. The Labute approximate surface area is 81.4 Å². The van der Waals surface area contributed by atoms with Crippen LogP contribution in [0.1, 0.15) is 44.9 Å². The molecular formula is C11H20N2. The summed E-state index contributed by atoms with van der Waals surface area (Å²) in [7, 11) is 0. The molecule has 13 heavy (non-hydrogen) atoms. The molecule has 2 heteroatoms. The lowest BCUT2D eigenvalue weighted by Gasteiger charge is -1.98. The molecule has 2 nitrogen and oxygen atoms in total. The largest absolute Gasteiger partial charge is 0.159 e. The van der Waals surface area contributed by atoms with E-state index in [1.54, 1.807) is 6.20 Å². The molecule has 0 aliphatic rings. The Morgan fingerprint density at radius 2 is 1.85 bits per heavy atom. The number of hydrogen-bond donors (Lipinski definition) is 0. The second-order valence-corrected chi connectivity index (χ2v) is 3.12. The molecule has 0 aromatic carbocycles. The predicted octanol–water partition coefficient (Wildman–Crippen LogP) is 3.15. The lowest BCUT2D eigenvalue weighted by atomic mass is 10.1. The maximum Gasteiger partial charge on any atom is 0.0660 e. The summed E-state index contributed by atoms with van der Waals surface area (Å²) in [6, 6.07) is 2.00. The topological polar surface area (TPSA) is 25.8 Å². The SMILES string of the molecule is CCC.CCCc1nnccc1C. The third-order valence-electron chi connectivity index (χ3n) is 1.51. The normalized spacial score (nSPS) is 8.92. The Bertz CT molecular complexity index is 221. The molecule has 0 fully saturated rings. The lowest BCUT2D eigenvalue weighted by molar-refractivity contribution is 0.826. The molecule has 1 aromatic rings. The van der Waals surface area contributed by atoms with E-state index in [4.69, 9.17) is 0 Å². The predicted molar refractivity (Wildman–Crippen MR) is 56.7 cm³/mol. The zero-order valence-electron chi connectivity index (χ0n) is 9.17. The molecule has 0 N–H and O–H groups in total.